The summed E-state index contributed by atoms with van der Waals surface area (Å²) in [4.78, 5) is 12.2. The van der Waals surface area contributed by atoms with Gasteiger partial charge in [0.25, 0.3) is 5.91 Å². The lowest BCUT2D eigenvalue weighted by molar-refractivity contribution is 0.0948. The van der Waals surface area contributed by atoms with Gasteiger partial charge in [-0.2, -0.15) is 10.2 Å². The Balaban J connectivity index is 1.70. The molecule has 1 N–H and O–H groups in total. The van der Waals surface area contributed by atoms with Crippen LogP contribution in [0.1, 0.15) is 32.7 Å². The number of halogens is 2. The van der Waals surface area contributed by atoms with Crippen molar-refractivity contribution in [3.8, 4) is 11.5 Å². The molecular formula is C22H22ClIN4O3. The van der Waals surface area contributed by atoms with Crippen LogP contribution in [0, 0.1) is 17.4 Å². The second-order valence-corrected chi connectivity index (χ2v) is 8.47. The minimum atomic E-state index is -0.369. The number of carbonyl (C=O) groups excluding carboxylic acids is 1. The Morgan fingerprint density at radius 1 is 1.29 bits per heavy atom. The van der Waals surface area contributed by atoms with E-state index in [-0.39, 0.29) is 5.91 Å². The topological polar surface area (TPSA) is 77.7 Å². The first-order chi connectivity index (χ1) is 14.8. The number of aromatic nitrogens is 2. The van der Waals surface area contributed by atoms with Crippen LogP contribution < -0.4 is 14.9 Å². The normalized spacial score (nSPS) is 11.0. The fourth-order valence-corrected chi connectivity index (χ4v) is 3.84. The zero-order valence-electron chi connectivity index (χ0n) is 17.6. The maximum absolute atomic E-state index is 12.2. The lowest BCUT2D eigenvalue weighted by atomic mass is 10.1. The van der Waals surface area contributed by atoms with Crippen molar-refractivity contribution in [3.05, 3.63) is 73.1 Å². The average molecular weight is 553 g/mol. The van der Waals surface area contributed by atoms with Gasteiger partial charge in [-0.25, -0.2) is 5.43 Å². The second-order valence-electron chi connectivity index (χ2n) is 6.93. The van der Waals surface area contributed by atoms with Crippen molar-refractivity contribution in [3.63, 3.8) is 0 Å². The SMILES string of the molecule is COc1ccc(/C=N/NC(=O)c2nn(C)cc2I)cc1COc1cc(C)c(Cl)c(C)c1. The highest BCUT2D eigenvalue weighted by Crippen LogP contribution is 2.27. The van der Waals surface area contributed by atoms with Crippen LogP contribution in [0.2, 0.25) is 5.02 Å². The highest BCUT2D eigenvalue weighted by Gasteiger charge is 2.13. The number of hydrazone groups is 1. The van der Waals surface area contributed by atoms with Crippen molar-refractivity contribution in [2.75, 3.05) is 7.11 Å². The molecule has 162 valence electrons. The van der Waals surface area contributed by atoms with Crippen LogP contribution in [0.3, 0.4) is 0 Å². The highest BCUT2D eigenvalue weighted by molar-refractivity contribution is 14.1. The van der Waals surface area contributed by atoms with Gasteiger partial charge in [0, 0.05) is 23.8 Å². The van der Waals surface area contributed by atoms with Crippen molar-refractivity contribution in [2.45, 2.75) is 20.5 Å². The molecule has 1 aromatic heterocycles. The van der Waals surface area contributed by atoms with Gasteiger partial charge in [-0.3, -0.25) is 9.48 Å². The van der Waals surface area contributed by atoms with Gasteiger partial charge in [0.2, 0.25) is 0 Å². The van der Waals surface area contributed by atoms with Gasteiger partial charge in [-0.15, -0.1) is 0 Å². The van der Waals surface area contributed by atoms with Crippen molar-refractivity contribution in [2.24, 2.45) is 12.1 Å². The lowest BCUT2D eigenvalue weighted by Gasteiger charge is -2.13. The molecule has 9 heteroatoms. The number of methoxy groups -OCH3 is 1. The number of amides is 1. The van der Waals surface area contributed by atoms with Gasteiger partial charge in [-0.1, -0.05) is 11.6 Å². The molecular weight excluding hydrogens is 531 g/mol. The molecule has 31 heavy (non-hydrogen) atoms. The third-order valence-electron chi connectivity index (χ3n) is 4.49. The van der Waals surface area contributed by atoms with Crippen molar-refractivity contribution in [1.29, 1.82) is 0 Å². The Morgan fingerprint density at radius 3 is 2.61 bits per heavy atom. The van der Waals surface area contributed by atoms with Crippen LogP contribution >= 0.6 is 34.2 Å². The van der Waals surface area contributed by atoms with Crippen LogP contribution in [-0.4, -0.2) is 29.0 Å². The van der Waals surface area contributed by atoms with E-state index in [9.17, 15) is 4.79 Å². The number of nitrogens with zero attached hydrogens (tertiary/aromatic N) is 3. The Bertz CT molecular complexity index is 1120. The van der Waals surface area contributed by atoms with E-state index in [1.165, 1.54) is 0 Å². The minimum absolute atomic E-state index is 0.309. The largest absolute Gasteiger partial charge is 0.496 e. The maximum atomic E-state index is 12.2. The molecule has 0 bridgehead atoms. The van der Waals surface area contributed by atoms with Crippen molar-refractivity contribution in [1.82, 2.24) is 15.2 Å². The standard InChI is InChI=1S/C22H22ClIN4O3/c1-13-7-17(8-14(2)20(13)23)31-12-16-9-15(5-6-19(16)30-4)10-25-26-22(29)21-18(24)11-28(3)27-21/h5-11H,12H2,1-4H3,(H,26,29)/b25-10+. The van der Waals surface area contributed by atoms with E-state index in [1.54, 1.807) is 31.3 Å². The van der Waals surface area contributed by atoms with Crippen LogP contribution in [0.25, 0.3) is 0 Å². The van der Waals surface area contributed by atoms with E-state index in [2.05, 4.69) is 38.2 Å². The molecule has 0 atom stereocenters. The number of aryl methyl sites for hydroxylation is 3. The summed E-state index contributed by atoms with van der Waals surface area (Å²) in [5, 5.41) is 8.91. The molecule has 0 radical (unpaired) electrons. The van der Waals surface area contributed by atoms with E-state index >= 15 is 0 Å². The summed E-state index contributed by atoms with van der Waals surface area (Å²) in [5.41, 5.74) is 6.39. The minimum Gasteiger partial charge on any atom is -0.496 e. The van der Waals surface area contributed by atoms with Crippen LogP contribution in [0.15, 0.2) is 41.6 Å². The molecule has 1 amide bonds. The maximum Gasteiger partial charge on any atom is 0.292 e. The lowest BCUT2D eigenvalue weighted by Crippen LogP contribution is -2.19. The first-order valence-electron chi connectivity index (χ1n) is 9.37. The number of nitrogens with one attached hydrogen (secondary N) is 1. The van der Waals surface area contributed by atoms with E-state index < -0.39 is 0 Å². The molecule has 1 heterocycles. The van der Waals surface area contributed by atoms with Gasteiger partial charge in [0.1, 0.15) is 18.1 Å². The van der Waals surface area contributed by atoms with Gasteiger partial charge >= 0.3 is 0 Å². The molecule has 0 saturated heterocycles. The molecule has 0 aliphatic rings. The number of hydrogen-bond donors (Lipinski definition) is 1. The molecule has 0 unspecified atom stereocenters. The third-order valence-corrected chi connectivity index (χ3v) is 5.87. The number of carbonyl (C=O) groups is 1. The molecule has 0 aliphatic carbocycles. The monoisotopic (exact) mass is 552 g/mol. The van der Waals surface area contributed by atoms with Gasteiger partial charge < -0.3 is 9.47 Å². The van der Waals surface area contributed by atoms with Gasteiger partial charge in [0.05, 0.1) is 16.9 Å². The zero-order valence-corrected chi connectivity index (χ0v) is 20.5. The fourth-order valence-electron chi connectivity index (χ4n) is 2.97. The summed E-state index contributed by atoms with van der Waals surface area (Å²) in [6, 6.07) is 9.39. The Hall–Kier alpha value is -2.59. The van der Waals surface area contributed by atoms with E-state index in [1.807, 2.05) is 44.2 Å². The Labute approximate surface area is 199 Å². The summed E-state index contributed by atoms with van der Waals surface area (Å²) in [6.45, 7) is 4.20. The van der Waals surface area contributed by atoms with Crippen LogP contribution in [-0.2, 0) is 13.7 Å². The highest BCUT2D eigenvalue weighted by atomic mass is 127. The van der Waals surface area contributed by atoms with Crippen LogP contribution in [0.5, 0.6) is 11.5 Å². The third kappa shape index (κ3) is 5.76. The average Bonchev–Trinajstić information content (AvgIpc) is 3.08. The van der Waals surface area contributed by atoms with Crippen LogP contribution in [0.4, 0.5) is 0 Å². The molecule has 0 fully saturated rings. The summed E-state index contributed by atoms with van der Waals surface area (Å²) in [7, 11) is 3.37. The number of ether oxygens (including phenoxy) is 2. The Morgan fingerprint density at radius 2 is 2.00 bits per heavy atom. The number of benzene rings is 2. The van der Waals surface area contributed by atoms with Gasteiger partial charge in [0.15, 0.2) is 5.69 Å². The first-order valence-corrected chi connectivity index (χ1v) is 10.8. The Kier molecular flexibility index (Phi) is 7.55. The van der Waals surface area contributed by atoms with E-state index in [0.29, 0.717) is 18.1 Å². The summed E-state index contributed by atoms with van der Waals surface area (Å²) in [5.74, 6) is 1.07. The first kappa shape index (κ1) is 23.1. The summed E-state index contributed by atoms with van der Waals surface area (Å²) < 4.78 is 13.7. The van der Waals surface area contributed by atoms with Gasteiger partial charge in [-0.05, 0) is 83.5 Å². The molecule has 0 spiro atoms. The molecule has 0 saturated carbocycles. The van der Waals surface area contributed by atoms with Crippen molar-refractivity contribution < 1.29 is 14.3 Å². The van der Waals surface area contributed by atoms with E-state index in [0.717, 1.165) is 36.6 Å². The molecule has 2 aromatic carbocycles. The molecule has 3 aromatic rings. The molecule has 7 nitrogen and oxygen atoms in total. The quantitative estimate of drug-likeness (QED) is 0.263. The second kappa shape index (κ2) is 10.1. The van der Waals surface area contributed by atoms with E-state index in [4.69, 9.17) is 21.1 Å². The summed E-state index contributed by atoms with van der Waals surface area (Å²) in [6.07, 6.45) is 3.33. The number of hydrogen-bond acceptors (Lipinski definition) is 5. The number of rotatable bonds is 7. The predicted molar refractivity (Wildman–Crippen MR) is 129 cm³/mol. The smallest absolute Gasteiger partial charge is 0.292 e. The predicted octanol–water partition coefficient (Wildman–Crippen LogP) is 4.65. The zero-order chi connectivity index (χ0) is 22.5. The summed E-state index contributed by atoms with van der Waals surface area (Å²) >= 11 is 8.29. The fraction of sp³-hybridized carbons (Fsp3) is 0.227. The molecule has 0 aliphatic heterocycles. The molecule has 3 rings (SSSR count). The van der Waals surface area contributed by atoms with Crippen molar-refractivity contribution >= 4 is 46.3 Å².